The smallest absolute Gasteiger partial charge is 0.261 e. The number of hydrogen-bond donors (Lipinski definition) is 1. The molecule has 0 fully saturated rings. The monoisotopic (exact) mass is 339 g/mol. The summed E-state index contributed by atoms with van der Waals surface area (Å²) in [4.78, 5) is 12.4. The summed E-state index contributed by atoms with van der Waals surface area (Å²) in [6.07, 6.45) is -0.544. The van der Waals surface area contributed by atoms with Gasteiger partial charge in [0.25, 0.3) is 5.91 Å². The highest BCUT2D eigenvalue weighted by Crippen LogP contribution is 2.24. The predicted molar refractivity (Wildman–Crippen MR) is 103 cm³/mol. The van der Waals surface area contributed by atoms with Crippen LogP contribution in [0.4, 0.5) is 0 Å². The Morgan fingerprint density at radius 3 is 2.16 bits per heavy atom. The number of para-hydroxylation sites is 1. The number of carbonyl (C=O) groups excluding carboxylic acids is 1. The van der Waals surface area contributed by atoms with Crippen molar-refractivity contribution in [1.82, 2.24) is 5.32 Å². The van der Waals surface area contributed by atoms with Crippen LogP contribution < -0.4 is 10.1 Å². The highest BCUT2D eigenvalue weighted by molar-refractivity contribution is 5.81. The molecule has 1 amide bonds. The first-order chi connectivity index (χ1) is 11.7. The molecule has 0 saturated heterocycles. The molecule has 0 heterocycles. The van der Waals surface area contributed by atoms with Gasteiger partial charge < -0.3 is 10.1 Å². The zero-order valence-corrected chi connectivity index (χ0v) is 16.1. The lowest BCUT2D eigenvalue weighted by atomic mass is 9.86. The average Bonchev–Trinajstić information content (AvgIpc) is 2.56. The van der Waals surface area contributed by atoms with Crippen molar-refractivity contribution >= 4 is 5.91 Å². The lowest BCUT2D eigenvalue weighted by molar-refractivity contribution is -0.127. The maximum Gasteiger partial charge on any atom is 0.261 e. The van der Waals surface area contributed by atoms with E-state index in [1.807, 2.05) is 38.1 Å². The Balaban J connectivity index is 1.98. The van der Waals surface area contributed by atoms with Crippen LogP contribution in [0.15, 0.2) is 48.5 Å². The quantitative estimate of drug-likeness (QED) is 0.838. The molecule has 134 valence electrons. The number of rotatable bonds is 5. The first kappa shape index (κ1) is 19.0. The molecular weight excluding hydrogens is 310 g/mol. The maximum absolute atomic E-state index is 12.4. The van der Waals surface area contributed by atoms with Gasteiger partial charge in [0.15, 0.2) is 6.10 Å². The lowest BCUT2D eigenvalue weighted by Crippen LogP contribution is -2.37. The van der Waals surface area contributed by atoms with Crippen molar-refractivity contribution in [2.45, 2.75) is 59.1 Å². The van der Waals surface area contributed by atoms with Crippen molar-refractivity contribution in [2.24, 2.45) is 0 Å². The van der Waals surface area contributed by atoms with Crippen molar-refractivity contribution in [3.05, 3.63) is 65.2 Å². The second-order valence-electron chi connectivity index (χ2n) is 7.63. The van der Waals surface area contributed by atoms with Gasteiger partial charge in [-0.3, -0.25) is 4.79 Å². The molecule has 0 aromatic heterocycles. The lowest BCUT2D eigenvalue weighted by Gasteiger charge is -2.22. The van der Waals surface area contributed by atoms with Crippen LogP contribution in [0.1, 0.15) is 57.4 Å². The predicted octanol–water partition coefficient (Wildman–Crippen LogP) is 4.94. The Kier molecular flexibility index (Phi) is 5.89. The minimum Gasteiger partial charge on any atom is -0.481 e. The van der Waals surface area contributed by atoms with E-state index in [0.717, 1.165) is 16.9 Å². The highest BCUT2D eigenvalue weighted by atomic mass is 16.5. The van der Waals surface area contributed by atoms with Gasteiger partial charge in [-0.2, -0.15) is 0 Å². The summed E-state index contributed by atoms with van der Waals surface area (Å²) in [5.74, 6) is 0.628. The molecule has 0 unspecified atom stereocenters. The van der Waals surface area contributed by atoms with Gasteiger partial charge in [-0.25, -0.2) is 0 Å². The summed E-state index contributed by atoms with van der Waals surface area (Å²) in [7, 11) is 0. The van der Waals surface area contributed by atoms with Gasteiger partial charge >= 0.3 is 0 Å². The van der Waals surface area contributed by atoms with Crippen molar-refractivity contribution in [3.63, 3.8) is 0 Å². The fraction of sp³-hybridized carbons (Fsp3) is 0.409. The summed E-state index contributed by atoms with van der Waals surface area (Å²) >= 11 is 0. The molecule has 0 aliphatic carbocycles. The van der Waals surface area contributed by atoms with Gasteiger partial charge in [-0.15, -0.1) is 0 Å². The summed E-state index contributed by atoms with van der Waals surface area (Å²) < 4.78 is 5.80. The van der Waals surface area contributed by atoms with Gasteiger partial charge in [-0.1, -0.05) is 63.2 Å². The number of benzene rings is 2. The van der Waals surface area contributed by atoms with E-state index in [1.54, 1.807) is 6.92 Å². The van der Waals surface area contributed by atoms with E-state index in [4.69, 9.17) is 4.74 Å². The number of hydrogen-bond acceptors (Lipinski definition) is 2. The molecule has 3 nitrogen and oxygen atoms in total. The number of aryl methyl sites for hydroxylation is 1. The van der Waals surface area contributed by atoms with Crippen LogP contribution in [0.25, 0.3) is 0 Å². The first-order valence-corrected chi connectivity index (χ1v) is 8.81. The van der Waals surface area contributed by atoms with Gasteiger partial charge in [0.2, 0.25) is 0 Å². The summed E-state index contributed by atoms with van der Waals surface area (Å²) in [6.45, 7) is 12.3. The Hall–Kier alpha value is -2.29. The van der Waals surface area contributed by atoms with Gasteiger partial charge in [0, 0.05) is 0 Å². The van der Waals surface area contributed by atoms with Crippen LogP contribution >= 0.6 is 0 Å². The maximum atomic E-state index is 12.4. The summed E-state index contributed by atoms with van der Waals surface area (Å²) in [5, 5.41) is 3.03. The van der Waals surface area contributed by atoms with E-state index in [-0.39, 0.29) is 17.4 Å². The largest absolute Gasteiger partial charge is 0.481 e. The van der Waals surface area contributed by atoms with Crippen LogP contribution in [-0.2, 0) is 10.2 Å². The molecule has 1 N–H and O–H groups in total. The van der Waals surface area contributed by atoms with Crippen molar-refractivity contribution in [1.29, 1.82) is 0 Å². The zero-order chi connectivity index (χ0) is 18.6. The molecule has 2 aromatic rings. The molecule has 0 saturated carbocycles. The van der Waals surface area contributed by atoms with Gasteiger partial charge in [-0.05, 0) is 48.9 Å². The number of amides is 1. The second-order valence-corrected chi connectivity index (χ2v) is 7.63. The molecule has 0 spiro atoms. The van der Waals surface area contributed by atoms with Crippen LogP contribution in [0, 0.1) is 6.92 Å². The van der Waals surface area contributed by atoms with E-state index >= 15 is 0 Å². The third-order valence-corrected chi connectivity index (χ3v) is 4.40. The van der Waals surface area contributed by atoms with Crippen molar-refractivity contribution in [2.75, 3.05) is 0 Å². The van der Waals surface area contributed by atoms with Crippen LogP contribution in [-0.4, -0.2) is 12.0 Å². The fourth-order valence-corrected chi connectivity index (χ4v) is 2.62. The number of ether oxygens (including phenoxy) is 1. The van der Waals surface area contributed by atoms with Crippen LogP contribution in [0.3, 0.4) is 0 Å². The minimum absolute atomic E-state index is 0.0653. The van der Waals surface area contributed by atoms with E-state index in [0.29, 0.717) is 0 Å². The van der Waals surface area contributed by atoms with E-state index in [2.05, 4.69) is 50.4 Å². The first-order valence-electron chi connectivity index (χ1n) is 8.81. The molecule has 0 radical (unpaired) electrons. The zero-order valence-electron chi connectivity index (χ0n) is 16.1. The third-order valence-electron chi connectivity index (χ3n) is 4.40. The van der Waals surface area contributed by atoms with Crippen LogP contribution in [0.5, 0.6) is 5.75 Å². The summed E-state index contributed by atoms with van der Waals surface area (Å²) in [6, 6.07) is 16.1. The molecule has 3 heteroatoms. The van der Waals surface area contributed by atoms with Crippen molar-refractivity contribution in [3.8, 4) is 5.75 Å². The topological polar surface area (TPSA) is 38.3 Å². The molecule has 0 bridgehead atoms. The van der Waals surface area contributed by atoms with E-state index in [1.165, 1.54) is 5.56 Å². The minimum atomic E-state index is -0.544. The van der Waals surface area contributed by atoms with Gasteiger partial charge in [0.05, 0.1) is 6.04 Å². The fourth-order valence-electron chi connectivity index (χ4n) is 2.62. The molecule has 0 aliphatic heterocycles. The molecule has 2 aromatic carbocycles. The Labute approximate surface area is 151 Å². The van der Waals surface area contributed by atoms with E-state index in [9.17, 15) is 4.79 Å². The standard InChI is InChI=1S/C22H29NO2/c1-15-9-7-8-10-20(15)25-17(3)21(24)23-16(2)18-11-13-19(14-12-18)22(4,5)6/h7-14,16-17H,1-6H3,(H,23,24)/t16-,17-/m1/s1. The number of carbonyl (C=O) groups is 1. The average molecular weight is 339 g/mol. The Morgan fingerprint density at radius 1 is 1.00 bits per heavy atom. The Bertz CT molecular complexity index is 714. The molecule has 0 aliphatic rings. The molecule has 2 rings (SSSR count). The second kappa shape index (κ2) is 7.73. The van der Waals surface area contributed by atoms with E-state index < -0.39 is 6.10 Å². The molecule has 2 atom stereocenters. The number of nitrogens with one attached hydrogen (secondary N) is 1. The molecule has 25 heavy (non-hydrogen) atoms. The van der Waals surface area contributed by atoms with Crippen LogP contribution in [0.2, 0.25) is 0 Å². The Morgan fingerprint density at radius 2 is 1.60 bits per heavy atom. The van der Waals surface area contributed by atoms with Crippen molar-refractivity contribution < 1.29 is 9.53 Å². The highest BCUT2D eigenvalue weighted by Gasteiger charge is 2.19. The summed E-state index contributed by atoms with van der Waals surface area (Å²) in [5.41, 5.74) is 3.52. The SMILES string of the molecule is Cc1ccccc1O[C@H](C)C(=O)N[C@H](C)c1ccc(C(C)(C)C)cc1. The third kappa shape index (κ3) is 5.09. The van der Waals surface area contributed by atoms with Gasteiger partial charge in [0.1, 0.15) is 5.75 Å². The molecular formula is C22H29NO2. The normalized spacial score (nSPS) is 13.8.